The van der Waals surface area contributed by atoms with Crippen LogP contribution in [-0.4, -0.2) is 21.9 Å². The Hall–Kier alpha value is -3.02. The molecular formula is C19H15F2N3O. The molecule has 2 heterocycles. The van der Waals surface area contributed by atoms with Crippen LogP contribution in [0.3, 0.4) is 0 Å². The highest BCUT2D eigenvalue weighted by Crippen LogP contribution is 2.33. The van der Waals surface area contributed by atoms with Gasteiger partial charge in [0.1, 0.15) is 12.3 Å². The molecule has 3 aromatic rings. The number of hydrogen-bond acceptors (Lipinski definition) is 3. The lowest BCUT2D eigenvalue weighted by molar-refractivity contribution is 0.147. The van der Waals surface area contributed by atoms with Gasteiger partial charge in [0.15, 0.2) is 11.6 Å². The predicted molar refractivity (Wildman–Crippen MR) is 89.8 cm³/mol. The SMILES string of the molecule is CC1(c2cn(-c3ccc(F)c(F)c3)cn2)CON=C1c1ccccc1. The van der Waals surface area contributed by atoms with Crippen LogP contribution >= 0.6 is 0 Å². The molecule has 4 rings (SSSR count). The molecular weight excluding hydrogens is 324 g/mol. The zero-order valence-corrected chi connectivity index (χ0v) is 13.5. The van der Waals surface area contributed by atoms with E-state index in [0.29, 0.717) is 12.3 Å². The summed E-state index contributed by atoms with van der Waals surface area (Å²) < 4.78 is 28.3. The summed E-state index contributed by atoms with van der Waals surface area (Å²) in [7, 11) is 0. The molecule has 0 amide bonds. The number of rotatable bonds is 3. The minimum Gasteiger partial charge on any atom is -0.394 e. The molecule has 0 saturated heterocycles. The lowest BCUT2D eigenvalue weighted by Gasteiger charge is -2.21. The first-order valence-corrected chi connectivity index (χ1v) is 7.84. The largest absolute Gasteiger partial charge is 0.394 e. The highest BCUT2D eigenvalue weighted by Gasteiger charge is 2.41. The topological polar surface area (TPSA) is 39.4 Å². The predicted octanol–water partition coefficient (Wildman–Crippen LogP) is 3.84. The maximum absolute atomic E-state index is 13.5. The number of halogens is 2. The molecule has 2 aromatic carbocycles. The van der Waals surface area contributed by atoms with Crippen LogP contribution in [-0.2, 0) is 10.3 Å². The molecule has 0 aliphatic carbocycles. The smallest absolute Gasteiger partial charge is 0.160 e. The van der Waals surface area contributed by atoms with Crippen molar-refractivity contribution in [3.05, 3.63) is 83.9 Å². The van der Waals surface area contributed by atoms with Gasteiger partial charge in [-0.1, -0.05) is 35.5 Å². The van der Waals surface area contributed by atoms with Crippen LogP contribution in [0, 0.1) is 11.6 Å². The molecule has 0 N–H and O–H groups in total. The van der Waals surface area contributed by atoms with E-state index >= 15 is 0 Å². The van der Waals surface area contributed by atoms with Crippen molar-refractivity contribution in [3.63, 3.8) is 0 Å². The van der Waals surface area contributed by atoms with Crippen LogP contribution in [0.1, 0.15) is 18.2 Å². The normalized spacial score (nSPS) is 19.6. The Morgan fingerprint density at radius 3 is 2.64 bits per heavy atom. The van der Waals surface area contributed by atoms with Gasteiger partial charge in [-0.25, -0.2) is 13.8 Å². The Morgan fingerprint density at radius 2 is 1.88 bits per heavy atom. The fourth-order valence-electron chi connectivity index (χ4n) is 2.95. The van der Waals surface area contributed by atoms with Gasteiger partial charge < -0.3 is 9.40 Å². The zero-order valence-electron chi connectivity index (χ0n) is 13.5. The van der Waals surface area contributed by atoms with Crippen molar-refractivity contribution in [2.45, 2.75) is 12.3 Å². The number of aromatic nitrogens is 2. The molecule has 25 heavy (non-hydrogen) atoms. The van der Waals surface area contributed by atoms with E-state index in [2.05, 4.69) is 10.1 Å². The third kappa shape index (κ3) is 2.59. The summed E-state index contributed by atoms with van der Waals surface area (Å²) >= 11 is 0. The Balaban J connectivity index is 1.71. The van der Waals surface area contributed by atoms with Crippen molar-refractivity contribution < 1.29 is 13.6 Å². The Labute approximate surface area is 143 Å². The summed E-state index contributed by atoms with van der Waals surface area (Å²) in [5.74, 6) is -1.77. The first-order chi connectivity index (χ1) is 12.1. The van der Waals surface area contributed by atoms with Crippen molar-refractivity contribution in [1.82, 2.24) is 9.55 Å². The molecule has 0 radical (unpaired) electrons. The van der Waals surface area contributed by atoms with Crippen molar-refractivity contribution >= 4 is 5.71 Å². The fourth-order valence-corrected chi connectivity index (χ4v) is 2.95. The van der Waals surface area contributed by atoms with E-state index in [9.17, 15) is 8.78 Å². The molecule has 4 nitrogen and oxygen atoms in total. The average molecular weight is 339 g/mol. The average Bonchev–Trinajstić information content (AvgIpc) is 3.26. The molecule has 126 valence electrons. The van der Waals surface area contributed by atoms with Crippen molar-refractivity contribution in [2.75, 3.05) is 6.61 Å². The second-order valence-electron chi connectivity index (χ2n) is 6.18. The molecule has 1 aliphatic heterocycles. The van der Waals surface area contributed by atoms with Crippen LogP contribution in [0.25, 0.3) is 5.69 Å². The van der Waals surface area contributed by atoms with E-state index in [4.69, 9.17) is 4.84 Å². The third-order valence-electron chi connectivity index (χ3n) is 4.43. The molecule has 6 heteroatoms. The van der Waals surface area contributed by atoms with Crippen molar-refractivity contribution in [2.24, 2.45) is 5.16 Å². The van der Waals surface area contributed by atoms with E-state index in [1.807, 2.05) is 37.3 Å². The second-order valence-corrected chi connectivity index (χ2v) is 6.18. The van der Waals surface area contributed by atoms with Gasteiger partial charge in [-0.15, -0.1) is 0 Å². The Bertz CT molecular complexity index is 952. The highest BCUT2D eigenvalue weighted by molar-refractivity contribution is 6.08. The molecule has 0 saturated carbocycles. The number of imidazole rings is 1. The quantitative estimate of drug-likeness (QED) is 0.727. The monoisotopic (exact) mass is 339 g/mol. The van der Waals surface area contributed by atoms with Crippen LogP contribution in [0.15, 0.2) is 66.2 Å². The number of nitrogens with zero attached hydrogens (tertiary/aromatic N) is 3. The van der Waals surface area contributed by atoms with E-state index in [0.717, 1.165) is 29.1 Å². The molecule has 1 unspecified atom stereocenters. The maximum atomic E-state index is 13.5. The first kappa shape index (κ1) is 15.5. The Kier molecular flexibility index (Phi) is 3.60. The van der Waals surface area contributed by atoms with E-state index in [1.165, 1.54) is 6.07 Å². The van der Waals surface area contributed by atoms with E-state index in [-0.39, 0.29) is 0 Å². The van der Waals surface area contributed by atoms with Gasteiger partial charge in [0.2, 0.25) is 0 Å². The van der Waals surface area contributed by atoms with Crippen molar-refractivity contribution in [1.29, 1.82) is 0 Å². The molecule has 1 atom stereocenters. The molecule has 0 bridgehead atoms. The van der Waals surface area contributed by atoms with Gasteiger partial charge in [-0.3, -0.25) is 0 Å². The van der Waals surface area contributed by atoms with Crippen LogP contribution in [0.2, 0.25) is 0 Å². The standard InChI is InChI=1S/C19H15F2N3O/c1-19(11-25-23-18(19)13-5-3-2-4-6-13)17-10-24(12-22-17)14-7-8-15(20)16(21)9-14/h2-10,12H,11H2,1H3. The van der Waals surface area contributed by atoms with E-state index in [1.54, 1.807) is 17.1 Å². The molecule has 0 spiro atoms. The van der Waals surface area contributed by atoms with Gasteiger partial charge in [-0.05, 0) is 19.1 Å². The fraction of sp³-hybridized carbons (Fsp3) is 0.158. The van der Waals surface area contributed by atoms with E-state index < -0.39 is 17.0 Å². The summed E-state index contributed by atoms with van der Waals surface area (Å²) in [5.41, 5.74) is 2.48. The van der Waals surface area contributed by atoms with Crippen LogP contribution in [0.4, 0.5) is 8.78 Å². The van der Waals surface area contributed by atoms with Crippen LogP contribution in [0.5, 0.6) is 0 Å². The third-order valence-corrected chi connectivity index (χ3v) is 4.43. The summed E-state index contributed by atoms with van der Waals surface area (Å²) in [4.78, 5) is 9.82. The summed E-state index contributed by atoms with van der Waals surface area (Å²) in [6.45, 7) is 2.37. The Morgan fingerprint density at radius 1 is 1.08 bits per heavy atom. The highest BCUT2D eigenvalue weighted by atomic mass is 19.2. The zero-order chi connectivity index (χ0) is 17.4. The number of hydrogen-bond donors (Lipinski definition) is 0. The van der Waals surface area contributed by atoms with Gasteiger partial charge in [0.25, 0.3) is 0 Å². The summed E-state index contributed by atoms with van der Waals surface area (Å²) in [5, 5.41) is 4.20. The summed E-state index contributed by atoms with van der Waals surface area (Å²) in [6.07, 6.45) is 3.37. The van der Waals surface area contributed by atoms with Crippen LogP contribution < -0.4 is 0 Å². The maximum Gasteiger partial charge on any atom is 0.160 e. The minimum absolute atomic E-state index is 0.367. The first-order valence-electron chi connectivity index (χ1n) is 7.84. The minimum atomic E-state index is -0.894. The number of oxime groups is 1. The summed E-state index contributed by atoms with van der Waals surface area (Å²) in [6, 6.07) is 13.5. The molecule has 1 aliphatic rings. The van der Waals surface area contributed by atoms with Gasteiger partial charge in [0, 0.05) is 23.5 Å². The lowest BCUT2D eigenvalue weighted by atomic mass is 9.80. The van der Waals surface area contributed by atoms with Gasteiger partial charge in [0.05, 0.1) is 17.4 Å². The lowest BCUT2D eigenvalue weighted by Crippen LogP contribution is -2.33. The van der Waals surface area contributed by atoms with Gasteiger partial charge >= 0.3 is 0 Å². The van der Waals surface area contributed by atoms with Gasteiger partial charge in [-0.2, -0.15) is 0 Å². The number of benzene rings is 2. The molecule has 1 aromatic heterocycles. The second kappa shape index (κ2) is 5.81. The molecule has 0 fully saturated rings. The van der Waals surface area contributed by atoms with Crippen molar-refractivity contribution in [3.8, 4) is 5.69 Å².